The van der Waals surface area contributed by atoms with Crippen LogP contribution in [0.1, 0.15) is 22.3 Å². The van der Waals surface area contributed by atoms with E-state index in [4.69, 9.17) is 15.9 Å². The van der Waals surface area contributed by atoms with E-state index in [1.807, 2.05) is 43.3 Å². The Hall–Kier alpha value is -4.04. The van der Waals surface area contributed by atoms with Crippen molar-refractivity contribution in [3.05, 3.63) is 101 Å². The third-order valence-electron chi connectivity index (χ3n) is 4.77. The van der Waals surface area contributed by atoms with Crippen molar-refractivity contribution >= 4 is 11.5 Å². The van der Waals surface area contributed by atoms with E-state index in [2.05, 4.69) is 10.7 Å². The van der Waals surface area contributed by atoms with E-state index in [0.717, 1.165) is 27.8 Å². The Balaban J connectivity index is 1.76. The van der Waals surface area contributed by atoms with Crippen molar-refractivity contribution in [2.45, 2.75) is 6.92 Å². The molecule has 162 valence electrons. The van der Waals surface area contributed by atoms with Gasteiger partial charge in [0.25, 0.3) is 0 Å². The molecule has 0 aromatic heterocycles. The third kappa shape index (κ3) is 5.99. The Labute approximate surface area is 187 Å². The van der Waals surface area contributed by atoms with Gasteiger partial charge < -0.3 is 14.2 Å². The van der Waals surface area contributed by atoms with Crippen LogP contribution in [0.15, 0.2) is 72.8 Å². The van der Waals surface area contributed by atoms with Crippen molar-refractivity contribution in [3.63, 3.8) is 0 Å². The van der Waals surface area contributed by atoms with Crippen LogP contribution in [0.25, 0.3) is 5.57 Å². The number of carbonyl (C=O) groups excluding carboxylic acids is 1. The van der Waals surface area contributed by atoms with Gasteiger partial charge in [0.05, 0.1) is 7.11 Å². The highest BCUT2D eigenvalue weighted by atomic mass is 19.1. The first kappa shape index (κ1) is 22.6. The van der Waals surface area contributed by atoms with Gasteiger partial charge in [-0.2, -0.15) is 0 Å². The smallest absolute Gasteiger partial charge is 0.343 e. The van der Waals surface area contributed by atoms with E-state index < -0.39 is 5.97 Å². The van der Waals surface area contributed by atoms with Crippen molar-refractivity contribution in [3.8, 4) is 23.8 Å². The van der Waals surface area contributed by atoms with Crippen molar-refractivity contribution in [2.75, 3.05) is 20.3 Å². The summed E-state index contributed by atoms with van der Waals surface area (Å²) in [5.74, 6) is 3.10. The van der Waals surface area contributed by atoms with E-state index >= 15 is 0 Å². The Morgan fingerprint density at radius 1 is 1.00 bits per heavy atom. The first-order chi connectivity index (χ1) is 15.5. The number of aryl methyl sites for hydroxylation is 1. The molecule has 3 aromatic rings. The number of halogens is 1. The number of benzene rings is 3. The number of hydrogen-bond donors (Lipinski definition) is 0. The maximum Gasteiger partial charge on any atom is 0.343 e. The predicted molar refractivity (Wildman–Crippen MR) is 122 cm³/mol. The van der Waals surface area contributed by atoms with Crippen LogP contribution in [0.2, 0.25) is 0 Å². The molecular formula is C27H23FO4. The number of esters is 1. The Bertz CT molecular complexity index is 1140. The van der Waals surface area contributed by atoms with Crippen molar-refractivity contribution in [1.29, 1.82) is 0 Å². The maximum atomic E-state index is 13.4. The highest BCUT2D eigenvalue weighted by Crippen LogP contribution is 2.26. The molecule has 0 bridgehead atoms. The lowest BCUT2D eigenvalue weighted by molar-refractivity contribution is -0.142. The summed E-state index contributed by atoms with van der Waals surface area (Å²) >= 11 is 0. The van der Waals surface area contributed by atoms with Gasteiger partial charge >= 0.3 is 5.97 Å². The SMILES string of the molecule is C#Cc1ccc(/C(=C\COc2ccc(OCC(=O)OC)c(C)c2)c2ccc(F)cc2)cc1. The molecule has 0 fully saturated rings. The van der Waals surface area contributed by atoms with E-state index in [1.54, 1.807) is 24.3 Å². The summed E-state index contributed by atoms with van der Waals surface area (Å²) in [6, 6.07) is 19.3. The summed E-state index contributed by atoms with van der Waals surface area (Å²) in [5.41, 5.74) is 4.34. The zero-order chi connectivity index (χ0) is 22.9. The van der Waals surface area contributed by atoms with Gasteiger partial charge in [0, 0.05) is 5.56 Å². The fraction of sp³-hybridized carbons (Fsp3) is 0.148. The van der Waals surface area contributed by atoms with Gasteiger partial charge in [0.2, 0.25) is 0 Å². The molecule has 4 nitrogen and oxygen atoms in total. The molecule has 0 heterocycles. The Kier molecular flexibility index (Phi) is 7.66. The molecule has 3 rings (SSSR count). The first-order valence-corrected chi connectivity index (χ1v) is 9.96. The molecule has 0 saturated carbocycles. The quantitative estimate of drug-likeness (QED) is 0.365. The minimum absolute atomic E-state index is 0.153. The normalized spacial score (nSPS) is 10.9. The largest absolute Gasteiger partial charge is 0.489 e. The van der Waals surface area contributed by atoms with Crippen molar-refractivity contribution in [2.24, 2.45) is 0 Å². The average molecular weight is 430 g/mol. The first-order valence-electron chi connectivity index (χ1n) is 9.96. The molecule has 0 unspecified atom stereocenters. The van der Waals surface area contributed by atoms with Crippen molar-refractivity contribution < 1.29 is 23.4 Å². The third-order valence-corrected chi connectivity index (χ3v) is 4.77. The monoisotopic (exact) mass is 430 g/mol. The van der Waals surface area contributed by atoms with Crippen LogP contribution in [0.5, 0.6) is 11.5 Å². The lowest BCUT2D eigenvalue weighted by Gasteiger charge is -2.12. The molecule has 0 atom stereocenters. The lowest BCUT2D eigenvalue weighted by Crippen LogP contribution is -2.13. The molecule has 32 heavy (non-hydrogen) atoms. The maximum absolute atomic E-state index is 13.4. The molecular weight excluding hydrogens is 407 g/mol. The molecule has 0 radical (unpaired) electrons. The highest BCUT2D eigenvalue weighted by molar-refractivity contribution is 5.80. The molecule has 0 aliphatic carbocycles. The van der Waals surface area contributed by atoms with Gasteiger partial charge in [-0.05, 0) is 77.7 Å². The van der Waals surface area contributed by atoms with Gasteiger partial charge in [-0.3, -0.25) is 0 Å². The Morgan fingerprint density at radius 2 is 1.66 bits per heavy atom. The zero-order valence-corrected chi connectivity index (χ0v) is 17.9. The van der Waals surface area contributed by atoms with Crippen LogP contribution in [0.4, 0.5) is 4.39 Å². The summed E-state index contributed by atoms with van der Waals surface area (Å²) in [6.45, 7) is 2.01. The van der Waals surface area contributed by atoms with Gasteiger partial charge in [-0.1, -0.05) is 30.2 Å². The predicted octanol–water partition coefficient (Wildman–Crippen LogP) is 5.18. The van der Waals surface area contributed by atoms with Gasteiger partial charge in [-0.25, -0.2) is 9.18 Å². The van der Waals surface area contributed by atoms with Crippen LogP contribution >= 0.6 is 0 Å². The fourth-order valence-electron chi connectivity index (χ4n) is 3.07. The second kappa shape index (κ2) is 10.8. The topological polar surface area (TPSA) is 44.8 Å². The lowest BCUT2D eigenvalue weighted by atomic mass is 9.97. The molecule has 3 aromatic carbocycles. The Morgan fingerprint density at radius 3 is 2.25 bits per heavy atom. The fourth-order valence-corrected chi connectivity index (χ4v) is 3.07. The number of carbonyl (C=O) groups is 1. The number of ether oxygens (including phenoxy) is 3. The summed E-state index contributed by atoms with van der Waals surface area (Å²) in [6.07, 6.45) is 7.39. The number of methoxy groups -OCH3 is 1. The van der Waals surface area contributed by atoms with E-state index in [1.165, 1.54) is 19.2 Å². The van der Waals surface area contributed by atoms with Gasteiger partial charge in [0.1, 0.15) is 23.9 Å². The number of terminal acetylenes is 1. The molecule has 0 aliphatic rings. The van der Waals surface area contributed by atoms with Crippen LogP contribution < -0.4 is 9.47 Å². The summed E-state index contributed by atoms with van der Waals surface area (Å²) in [7, 11) is 1.31. The molecule has 0 amide bonds. The number of hydrogen-bond acceptors (Lipinski definition) is 4. The van der Waals surface area contributed by atoms with E-state index in [9.17, 15) is 9.18 Å². The van der Waals surface area contributed by atoms with Crippen molar-refractivity contribution in [1.82, 2.24) is 0 Å². The van der Waals surface area contributed by atoms with Gasteiger partial charge in [-0.15, -0.1) is 6.42 Å². The molecule has 0 spiro atoms. The minimum atomic E-state index is -0.446. The van der Waals surface area contributed by atoms with E-state index in [-0.39, 0.29) is 12.4 Å². The van der Waals surface area contributed by atoms with Crippen LogP contribution in [-0.2, 0) is 9.53 Å². The van der Waals surface area contributed by atoms with Crippen LogP contribution in [0, 0.1) is 25.1 Å². The molecule has 5 heteroatoms. The second-order valence-electron chi connectivity index (χ2n) is 6.95. The van der Waals surface area contributed by atoms with E-state index in [0.29, 0.717) is 18.1 Å². The highest BCUT2D eigenvalue weighted by Gasteiger charge is 2.08. The van der Waals surface area contributed by atoms with Crippen LogP contribution in [-0.4, -0.2) is 26.3 Å². The summed E-state index contributed by atoms with van der Waals surface area (Å²) < 4.78 is 29.3. The molecule has 0 aliphatic heterocycles. The minimum Gasteiger partial charge on any atom is -0.489 e. The summed E-state index contributed by atoms with van der Waals surface area (Å²) in [4.78, 5) is 11.2. The zero-order valence-electron chi connectivity index (χ0n) is 17.9. The van der Waals surface area contributed by atoms with Crippen LogP contribution in [0.3, 0.4) is 0 Å². The second-order valence-corrected chi connectivity index (χ2v) is 6.95. The average Bonchev–Trinajstić information content (AvgIpc) is 2.82. The summed E-state index contributed by atoms with van der Waals surface area (Å²) in [5, 5.41) is 0. The standard InChI is InChI=1S/C27H23FO4/c1-4-20-5-7-21(8-6-20)25(22-9-11-23(28)12-10-22)15-16-31-24-13-14-26(19(2)17-24)32-18-27(29)30-3/h1,5-15,17H,16,18H2,2-3H3/b25-15+. The molecule has 0 N–H and O–H groups in total. The number of rotatable bonds is 8. The van der Waals surface area contributed by atoms with Gasteiger partial charge in [0.15, 0.2) is 6.61 Å². The molecule has 0 saturated heterocycles.